The summed E-state index contributed by atoms with van der Waals surface area (Å²) < 4.78 is 5.44. The molecular formula is C19H27N5OS. The Bertz CT molecular complexity index is 724. The molecule has 0 amide bonds. The summed E-state index contributed by atoms with van der Waals surface area (Å²) in [5.74, 6) is 0.791. The van der Waals surface area contributed by atoms with E-state index < -0.39 is 0 Å². The standard InChI is InChI=1S/C19H27N5OS/c1-15-11-21-18(26-15)13-23-19(20-2)22-12-16-5-3-4-6-17(16)14-24-7-9-25-10-8-24/h3-6,11H,7-10,12-14H2,1-2H3,(H2,20,22,23). The van der Waals surface area contributed by atoms with Crippen LogP contribution in [0.3, 0.4) is 0 Å². The first-order valence-electron chi connectivity index (χ1n) is 8.97. The largest absolute Gasteiger partial charge is 0.379 e. The molecule has 6 nitrogen and oxygen atoms in total. The van der Waals surface area contributed by atoms with E-state index in [1.165, 1.54) is 16.0 Å². The van der Waals surface area contributed by atoms with Crippen LogP contribution in [0.4, 0.5) is 0 Å². The van der Waals surface area contributed by atoms with Gasteiger partial charge in [0.05, 0.1) is 19.8 Å². The van der Waals surface area contributed by atoms with Crippen LogP contribution in [0, 0.1) is 6.92 Å². The van der Waals surface area contributed by atoms with Gasteiger partial charge in [-0.2, -0.15) is 0 Å². The zero-order chi connectivity index (χ0) is 18.2. The fourth-order valence-electron chi connectivity index (χ4n) is 2.93. The summed E-state index contributed by atoms with van der Waals surface area (Å²) in [6, 6.07) is 8.59. The van der Waals surface area contributed by atoms with Crippen molar-refractivity contribution in [1.82, 2.24) is 20.5 Å². The van der Waals surface area contributed by atoms with Crippen LogP contribution in [0.2, 0.25) is 0 Å². The highest BCUT2D eigenvalue weighted by atomic mass is 32.1. The average molecular weight is 374 g/mol. The fourth-order valence-corrected chi connectivity index (χ4v) is 3.65. The number of guanidine groups is 1. The Morgan fingerprint density at radius 2 is 1.92 bits per heavy atom. The Hall–Kier alpha value is -1.96. The summed E-state index contributed by atoms with van der Waals surface area (Å²) in [7, 11) is 1.79. The molecule has 1 aromatic heterocycles. The molecule has 1 aliphatic heterocycles. The Morgan fingerprint density at radius 1 is 1.19 bits per heavy atom. The quantitative estimate of drug-likeness (QED) is 0.600. The van der Waals surface area contributed by atoms with Gasteiger partial charge in [0.2, 0.25) is 0 Å². The number of hydrogen-bond donors (Lipinski definition) is 2. The van der Waals surface area contributed by atoms with E-state index in [1.807, 2.05) is 6.20 Å². The third-order valence-electron chi connectivity index (χ3n) is 4.36. The number of aliphatic imine (C=N–C) groups is 1. The molecule has 140 valence electrons. The first kappa shape index (κ1) is 18.8. The van der Waals surface area contributed by atoms with Gasteiger partial charge in [-0.15, -0.1) is 11.3 Å². The topological polar surface area (TPSA) is 61.8 Å². The van der Waals surface area contributed by atoms with Gasteiger partial charge in [0, 0.05) is 44.3 Å². The van der Waals surface area contributed by atoms with E-state index in [0.29, 0.717) is 6.54 Å². The molecule has 1 saturated heterocycles. The second-order valence-electron chi connectivity index (χ2n) is 6.30. The fraction of sp³-hybridized carbons (Fsp3) is 0.474. The summed E-state index contributed by atoms with van der Waals surface area (Å²) >= 11 is 1.70. The predicted molar refractivity (Wildman–Crippen MR) is 106 cm³/mol. The summed E-state index contributed by atoms with van der Waals surface area (Å²) in [4.78, 5) is 12.4. The zero-order valence-corrected chi connectivity index (χ0v) is 16.3. The first-order chi connectivity index (χ1) is 12.7. The summed E-state index contributed by atoms with van der Waals surface area (Å²) in [5, 5.41) is 7.81. The lowest BCUT2D eigenvalue weighted by Gasteiger charge is -2.27. The second kappa shape index (κ2) is 9.66. The molecule has 0 unspecified atom stereocenters. The van der Waals surface area contributed by atoms with Crippen LogP contribution in [0.15, 0.2) is 35.5 Å². The smallest absolute Gasteiger partial charge is 0.191 e. The highest BCUT2D eigenvalue weighted by molar-refractivity contribution is 7.11. The van der Waals surface area contributed by atoms with Gasteiger partial charge >= 0.3 is 0 Å². The van der Waals surface area contributed by atoms with E-state index in [9.17, 15) is 0 Å². The van der Waals surface area contributed by atoms with E-state index in [4.69, 9.17) is 4.74 Å². The number of morpholine rings is 1. The SMILES string of the molecule is CN=C(NCc1ncc(C)s1)NCc1ccccc1CN1CCOCC1. The molecule has 0 atom stereocenters. The maximum atomic E-state index is 5.44. The number of hydrogen-bond acceptors (Lipinski definition) is 5. The molecule has 0 radical (unpaired) electrons. The van der Waals surface area contributed by atoms with Gasteiger partial charge in [-0.05, 0) is 18.1 Å². The second-order valence-corrected chi connectivity index (χ2v) is 7.62. The minimum Gasteiger partial charge on any atom is -0.379 e. The Balaban J connectivity index is 1.54. The predicted octanol–water partition coefficient (Wildman–Crippen LogP) is 2.15. The Kier molecular flexibility index (Phi) is 6.99. The van der Waals surface area contributed by atoms with Crippen molar-refractivity contribution < 1.29 is 4.74 Å². The first-order valence-corrected chi connectivity index (χ1v) is 9.79. The third-order valence-corrected chi connectivity index (χ3v) is 5.27. The molecule has 1 aliphatic rings. The summed E-state index contributed by atoms with van der Waals surface area (Å²) in [6.45, 7) is 8.12. The maximum absolute atomic E-state index is 5.44. The Labute approximate surface area is 159 Å². The van der Waals surface area contributed by atoms with Crippen molar-refractivity contribution in [2.45, 2.75) is 26.6 Å². The van der Waals surface area contributed by atoms with E-state index in [2.05, 4.69) is 56.7 Å². The Morgan fingerprint density at radius 3 is 2.62 bits per heavy atom. The van der Waals surface area contributed by atoms with Gasteiger partial charge in [-0.1, -0.05) is 24.3 Å². The van der Waals surface area contributed by atoms with Gasteiger partial charge in [0.1, 0.15) is 5.01 Å². The molecule has 2 heterocycles. The van der Waals surface area contributed by atoms with Crippen LogP contribution in [-0.2, 0) is 24.4 Å². The normalized spacial score (nSPS) is 15.8. The van der Waals surface area contributed by atoms with Crippen LogP contribution in [-0.4, -0.2) is 49.2 Å². The highest BCUT2D eigenvalue weighted by Gasteiger charge is 2.12. The number of ether oxygens (including phenoxy) is 1. The average Bonchev–Trinajstić information content (AvgIpc) is 3.09. The number of aryl methyl sites for hydroxylation is 1. The molecule has 1 aromatic carbocycles. The summed E-state index contributed by atoms with van der Waals surface area (Å²) in [5.41, 5.74) is 2.65. The lowest BCUT2D eigenvalue weighted by atomic mass is 10.1. The van der Waals surface area contributed by atoms with E-state index in [1.54, 1.807) is 18.4 Å². The molecule has 3 rings (SSSR count). The van der Waals surface area contributed by atoms with Gasteiger partial charge in [0.25, 0.3) is 0 Å². The zero-order valence-electron chi connectivity index (χ0n) is 15.5. The van der Waals surface area contributed by atoms with Crippen molar-refractivity contribution in [3.05, 3.63) is 51.5 Å². The highest BCUT2D eigenvalue weighted by Crippen LogP contribution is 2.13. The molecular weight excluding hydrogens is 346 g/mol. The molecule has 1 fully saturated rings. The van der Waals surface area contributed by atoms with Crippen LogP contribution < -0.4 is 10.6 Å². The molecule has 0 aliphatic carbocycles. The van der Waals surface area contributed by atoms with Crippen molar-refractivity contribution >= 4 is 17.3 Å². The molecule has 2 aromatic rings. The lowest BCUT2D eigenvalue weighted by Crippen LogP contribution is -2.37. The van der Waals surface area contributed by atoms with Crippen LogP contribution in [0.5, 0.6) is 0 Å². The van der Waals surface area contributed by atoms with Crippen LogP contribution in [0.25, 0.3) is 0 Å². The minimum atomic E-state index is 0.688. The van der Waals surface area contributed by atoms with Gasteiger partial charge in [-0.25, -0.2) is 4.98 Å². The number of benzene rings is 1. The monoisotopic (exact) mass is 373 g/mol. The molecule has 26 heavy (non-hydrogen) atoms. The molecule has 2 N–H and O–H groups in total. The minimum absolute atomic E-state index is 0.688. The summed E-state index contributed by atoms with van der Waals surface area (Å²) in [6.07, 6.45) is 1.90. The number of thiazole rings is 1. The van der Waals surface area contributed by atoms with Crippen molar-refractivity contribution in [2.24, 2.45) is 4.99 Å². The number of rotatable bonds is 6. The van der Waals surface area contributed by atoms with Crippen molar-refractivity contribution in [2.75, 3.05) is 33.4 Å². The number of nitrogens with one attached hydrogen (secondary N) is 2. The van der Waals surface area contributed by atoms with Crippen molar-refractivity contribution in [1.29, 1.82) is 0 Å². The van der Waals surface area contributed by atoms with E-state index in [0.717, 1.165) is 50.4 Å². The molecule has 0 bridgehead atoms. The van der Waals surface area contributed by atoms with E-state index >= 15 is 0 Å². The van der Waals surface area contributed by atoms with Crippen LogP contribution >= 0.6 is 11.3 Å². The molecule has 7 heteroatoms. The molecule has 0 spiro atoms. The number of nitrogens with zero attached hydrogens (tertiary/aromatic N) is 3. The van der Waals surface area contributed by atoms with Crippen molar-refractivity contribution in [3.63, 3.8) is 0 Å². The van der Waals surface area contributed by atoms with Gasteiger partial charge in [-0.3, -0.25) is 9.89 Å². The van der Waals surface area contributed by atoms with E-state index in [-0.39, 0.29) is 0 Å². The van der Waals surface area contributed by atoms with Crippen molar-refractivity contribution in [3.8, 4) is 0 Å². The maximum Gasteiger partial charge on any atom is 0.191 e. The number of aromatic nitrogens is 1. The third kappa shape index (κ3) is 5.52. The van der Waals surface area contributed by atoms with Gasteiger partial charge < -0.3 is 15.4 Å². The van der Waals surface area contributed by atoms with Gasteiger partial charge in [0.15, 0.2) is 5.96 Å². The molecule has 0 saturated carbocycles. The van der Waals surface area contributed by atoms with Crippen LogP contribution in [0.1, 0.15) is 21.0 Å². The lowest BCUT2D eigenvalue weighted by molar-refractivity contribution is 0.0341.